The van der Waals surface area contributed by atoms with Crippen LogP contribution in [0.5, 0.6) is 0 Å². The number of hydrogen-bond donors (Lipinski definition) is 1. The van der Waals surface area contributed by atoms with Crippen molar-refractivity contribution >= 4 is 33.2 Å². The van der Waals surface area contributed by atoms with Crippen molar-refractivity contribution in [2.24, 2.45) is 5.41 Å². The Balaban J connectivity index is 2.26. The molecule has 1 heterocycles. The average molecular weight is 482 g/mol. The minimum atomic E-state index is -3.85. The van der Waals surface area contributed by atoms with Crippen molar-refractivity contribution in [3.63, 3.8) is 0 Å². The number of hydrogen-bond acceptors (Lipinski definition) is 7. The summed E-state index contributed by atoms with van der Waals surface area (Å²) >= 11 is 0. The maximum absolute atomic E-state index is 12.8. The molecule has 10 nitrogen and oxygen atoms in total. The van der Waals surface area contributed by atoms with Gasteiger partial charge in [-0.3, -0.25) is 29.4 Å². The normalized spacial score (nSPS) is 17.1. The molecule has 1 aromatic carbocycles. The fourth-order valence-corrected chi connectivity index (χ4v) is 5.38. The number of carbonyl (C=O) groups excluding carboxylic acids is 3. The molecule has 1 N–H and O–H groups in total. The Kier molecular flexibility index (Phi) is 6.82. The van der Waals surface area contributed by atoms with Crippen molar-refractivity contribution in [3.05, 3.63) is 33.9 Å². The van der Waals surface area contributed by atoms with E-state index in [0.29, 0.717) is 0 Å². The molecule has 1 saturated heterocycles. The van der Waals surface area contributed by atoms with Crippen LogP contribution in [-0.2, 0) is 19.4 Å². The van der Waals surface area contributed by atoms with E-state index >= 15 is 0 Å². The van der Waals surface area contributed by atoms with Gasteiger partial charge in [0.2, 0.25) is 11.8 Å². The molecule has 33 heavy (non-hydrogen) atoms. The minimum absolute atomic E-state index is 0.0770. The molecule has 0 unspecified atom stereocenters. The quantitative estimate of drug-likeness (QED) is 0.358. The van der Waals surface area contributed by atoms with E-state index < -0.39 is 47.7 Å². The second kappa shape index (κ2) is 8.51. The molecule has 0 radical (unpaired) electrons. The molecular formula is C22H31N3O7S. The number of benzene rings is 1. The second-order valence-corrected chi connectivity index (χ2v) is 12.7. The molecule has 0 spiro atoms. The summed E-state index contributed by atoms with van der Waals surface area (Å²) < 4.78 is 23.6. The van der Waals surface area contributed by atoms with Crippen LogP contribution in [-0.4, -0.2) is 53.3 Å². The summed E-state index contributed by atoms with van der Waals surface area (Å²) in [6.07, 6.45) is 1.56. The largest absolute Gasteiger partial charge is 0.347 e. The van der Waals surface area contributed by atoms with Gasteiger partial charge < -0.3 is 5.32 Å². The van der Waals surface area contributed by atoms with E-state index in [0.717, 1.165) is 18.4 Å². The molecule has 0 aromatic heterocycles. The predicted octanol–water partition coefficient (Wildman–Crippen LogP) is 2.85. The number of piperidine rings is 1. The minimum Gasteiger partial charge on any atom is -0.347 e. The van der Waals surface area contributed by atoms with Crippen LogP contribution in [0.4, 0.5) is 5.69 Å². The maximum Gasteiger partial charge on any atom is 0.288 e. The molecule has 1 fully saturated rings. The number of rotatable bonds is 7. The zero-order valence-electron chi connectivity index (χ0n) is 20.0. The topological polar surface area (TPSA) is 144 Å². The zero-order chi connectivity index (χ0) is 25.6. The molecule has 0 aliphatic carbocycles. The lowest BCUT2D eigenvalue weighted by molar-refractivity contribution is -0.387. The molecule has 0 saturated carbocycles. The van der Waals surface area contributed by atoms with Crippen LogP contribution in [0.15, 0.2) is 23.1 Å². The Hall–Kier alpha value is -2.82. The van der Waals surface area contributed by atoms with Crippen LogP contribution in [0.1, 0.15) is 71.2 Å². The van der Waals surface area contributed by atoms with Crippen LogP contribution < -0.4 is 5.32 Å². The van der Waals surface area contributed by atoms with E-state index in [-0.39, 0.29) is 36.6 Å². The van der Waals surface area contributed by atoms with Crippen molar-refractivity contribution in [2.45, 2.75) is 76.8 Å². The van der Waals surface area contributed by atoms with E-state index in [9.17, 15) is 32.9 Å². The van der Waals surface area contributed by atoms with Gasteiger partial charge in [0.25, 0.3) is 11.6 Å². The van der Waals surface area contributed by atoms with Gasteiger partial charge in [-0.2, -0.15) is 0 Å². The zero-order valence-corrected chi connectivity index (χ0v) is 20.8. The van der Waals surface area contributed by atoms with Gasteiger partial charge in [0.05, 0.1) is 4.92 Å². The number of sulfone groups is 1. The maximum atomic E-state index is 12.8. The first kappa shape index (κ1) is 26.4. The van der Waals surface area contributed by atoms with Crippen molar-refractivity contribution in [3.8, 4) is 0 Å². The summed E-state index contributed by atoms with van der Waals surface area (Å²) in [6, 6.07) is 3.17. The molecule has 2 rings (SSSR count). The SMILES string of the molecule is CC1(C)CC(=O)N(C(C)(C)CC(C)(C)NC(=O)c2ccc(S(C)(=O)=O)c([N+](=O)[O-])c2)C(=O)C1. The highest BCUT2D eigenvalue weighted by molar-refractivity contribution is 7.90. The summed E-state index contributed by atoms with van der Waals surface area (Å²) in [7, 11) is -3.85. The summed E-state index contributed by atoms with van der Waals surface area (Å²) in [5, 5.41) is 14.1. The van der Waals surface area contributed by atoms with Gasteiger partial charge in [0.15, 0.2) is 9.84 Å². The van der Waals surface area contributed by atoms with Gasteiger partial charge >= 0.3 is 0 Å². The Morgan fingerprint density at radius 3 is 2.12 bits per heavy atom. The third kappa shape index (κ3) is 6.16. The molecule has 3 amide bonds. The van der Waals surface area contributed by atoms with Crippen LogP contribution in [0.2, 0.25) is 0 Å². The molecule has 0 bridgehead atoms. The molecule has 1 aliphatic heterocycles. The number of nitro groups is 1. The summed E-state index contributed by atoms with van der Waals surface area (Å²) in [6.45, 7) is 10.7. The lowest BCUT2D eigenvalue weighted by Gasteiger charge is -2.46. The Bertz CT molecular complexity index is 1100. The van der Waals surface area contributed by atoms with E-state index in [2.05, 4.69) is 5.32 Å². The van der Waals surface area contributed by atoms with Gasteiger partial charge in [0, 0.05) is 41.8 Å². The van der Waals surface area contributed by atoms with Gasteiger partial charge in [-0.1, -0.05) is 13.8 Å². The standard InChI is InChI=1S/C22H31N3O7S/c1-20(2)11-17(26)24(18(27)12-20)22(5,6)13-21(3,4)23-19(28)14-8-9-16(33(7,31)32)15(10-14)25(29)30/h8-10H,11-13H2,1-7H3,(H,23,28). The van der Waals surface area contributed by atoms with Gasteiger partial charge in [-0.15, -0.1) is 0 Å². The number of nitrogens with one attached hydrogen (secondary N) is 1. The highest BCUT2D eigenvalue weighted by atomic mass is 32.2. The first-order valence-corrected chi connectivity index (χ1v) is 12.3. The van der Waals surface area contributed by atoms with Gasteiger partial charge in [-0.05, 0) is 51.7 Å². The van der Waals surface area contributed by atoms with E-state index in [1.54, 1.807) is 27.7 Å². The van der Waals surface area contributed by atoms with E-state index in [1.807, 2.05) is 13.8 Å². The number of amides is 3. The predicted molar refractivity (Wildman–Crippen MR) is 121 cm³/mol. The number of nitrogens with zero attached hydrogens (tertiary/aromatic N) is 2. The summed E-state index contributed by atoms with van der Waals surface area (Å²) in [5.74, 6) is -1.18. The number of nitro benzene ring substituents is 1. The lowest BCUT2D eigenvalue weighted by atomic mass is 9.78. The third-order valence-corrected chi connectivity index (χ3v) is 6.65. The molecular weight excluding hydrogens is 450 g/mol. The number of likely N-dealkylation sites (tertiary alicyclic amines) is 1. The Labute approximate surface area is 193 Å². The van der Waals surface area contributed by atoms with Crippen LogP contribution in [0, 0.1) is 15.5 Å². The third-order valence-electron chi connectivity index (χ3n) is 5.51. The summed E-state index contributed by atoms with van der Waals surface area (Å²) in [4.78, 5) is 49.5. The molecule has 1 aromatic rings. The van der Waals surface area contributed by atoms with Crippen LogP contribution in [0.3, 0.4) is 0 Å². The molecule has 1 aliphatic rings. The van der Waals surface area contributed by atoms with Crippen molar-refractivity contribution in [1.82, 2.24) is 10.2 Å². The van der Waals surface area contributed by atoms with E-state index in [4.69, 9.17) is 0 Å². The fraction of sp³-hybridized carbons (Fsp3) is 0.591. The molecule has 11 heteroatoms. The first-order chi connectivity index (χ1) is 14.8. The molecule has 182 valence electrons. The lowest BCUT2D eigenvalue weighted by Crippen LogP contribution is -2.60. The monoisotopic (exact) mass is 481 g/mol. The average Bonchev–Trinajstić information content (AvgIpc) is 2.56. The van der Waals surface area contributed by atoms with Crippen molar-refractivity contribution in [1.29, 1.82) is 0 Å². The number of carbonyl (C=O) groups is 3. The fourth-order valence-electron chi connectivity index (χ4n) is 4.55. The van der Waals surface area contributed by atoms with Crippen LogP contribution in [0.25, 0.3) is 0 Å². The van der Waals surface area contributed by atoms with Crippen molar-refractivity contribution in [2.75, 3.05) is 6.26 Å². The van der Waals surface area contributed by atoms with Crippen LogP contribution >= 0.6 is 0 Å². The smallest absolute Gasteiger partial charge is 0.288 e. The number of imide groups is 1. The Morgan fingerprint density at radius 1 is 1.15 bits per heavy atom. The Morgan fingerprint density at radius 2 is 1.67 bits per heavy atom. The van der Waals surface area contributed by atoms with Gasteiger partial charge in [-0.25, -0.2) is 8.42 Å². The highest BCUT2D eigenvalue weighted by Gasteiger charge is 2.46. The van der Waals surface area contributed by atoms with Gasteiger partial charge in [0.1, 0.15) is 4.90 Å². The van der Waals surface area contributed by atoms with E-state index in [1.165, 1.54) is 11.0 Å². The second-order valence-electron chi connectivity index (χ2n) is 10.7. The van der Waals surface area contributed by atoms with Crippen molar-refractivity contribution < 1.29 is 27.7 Å². The molecule has 0 atom stereocenters. The first-order valence-electron chi connectivity index (χ1n) is 10.4. The highest BCUT2D eigenvalue weighted by Crippen LogP contribution is 2.37. The summed E-state index contributed by atoms with van der Waals surface area (Å²) in [5.41, 5.74) is -2.97.